The second-order valence-electron chi connectivity index (χ2n) is 4.38. The Bertz CT molecular complexity index is 646. The van der Waals surface area contributed by atoms with Crippen LogP contribution in [0.4, 0.5) is 0 Å². The molecule has 0 aliphatic heterocycles. The van der Waals surface area contributed by atoms with Gasteiger partial charge in [0.25, 0.3) is 0 Å². The lowest BCUT2D eigenvalue weighted by Crippen LogP contribution is -2.35. The smallest absolute Gasteiger partial charge is 0.178 e. The number of nitrogens with zero attached hydrogens (tertiary/aromatic N) is 1. The molecule has 18 heavy (non-hydrogen) atoms. The van der Waals surface area contributed by atoms with Crippen LogP contribution in [0.5, 0.6) is 0 Å². The molecular weight excluding hydrogens is 224 g/mol. The molecule has 0 unspecified atom stereocenters. The molecule has 0 spiro atoms. The van der Waals surface area contributed by atoms with Gasteiger partial charge < -0.3 is 10.1 Å². The van der Waals surface area contributed by atoms with Crippen LogP contribution in [-0.2, 0) is 6.54 Å². The number of aromatic amines is 1. The van der Waals surface area contributed by atoms with Crippen molar-refractivity contribution >= 4 is 10.9 Å². The second-order valence-corrected chi connectivity index (χ2v) is 4.38. The fourth-order valence-electron chi connectivity index (χ4n) is 2.22. The lowest BCUT2D eigenvalue weighted by Gasteiger charge is -2.06. The minimum atomic E-state index is -0.506. The summed E-state index contributed by atoms with van der Waals surface area (Å²) in [5.74, 6) is 0. The number of para-hydroxylation sites is 1. The van der Waals surface area contributed by atoms with E-state index in [9.17, 15) is 5.11 Å². The molecule has 2 aromatic heterocycles. The highest BCUT2D eigenvalue weighted by Gasteiger charge is 2.16. The van der Waals surface area contributed by atoms with Crippen LogP contribution in [0.25, 0.3) is 10.9 Å². The van der Waals surface area contributed by atoms with Gasteiger partial charge in [0.15, 0.2) is 18.9 Å². The molecule has 0 saturated carbocycles. The molecule has 0 radical (unpaired) electrons. The Morgan fingerprint density at radius 3 is 2.67 bits per heavy atom. The van der Waals surface area contributed by atoms with Crippen molar-refractivity contribution in [1.29, 1.82) is 0 Å². The Morgan fingerprint density at radius 2 is 1.83 bits per heavy atom. The third-order valence-corrected chi connectivity index (χ3v) is 3.14. The number of H-pyrrole nitrogens is 1. The fraction of sp³-hybridized carbons (Fsp3) is 0.133. The van der Waals surface area contributed by atoms with Crippen LogP contribution in [0, 0.1) is 0 Å². The number of hydrogen-bond donors (Lipinski definition) is 2. The maximum Gasteiger partial charge on any atom is 0.178 e. The summed E-state index contributed by atoms with van der Waals surface area (Å²) in [4.78, 5) is 3.19. The summed E-state index contributed by atoms with van der Waals surface area (Å²) in [6.45, 7) is 0.558. The van der Waals surface area contributed by atoms with Gasteiger partial charge in [0.1, 0.15) is 6.10 Å². The van der Waals surface area contributed by atoms with Gasteiger partial charge in [-0.25, -0.2) is 4.57 Å². The normalized spacial score (nSPS) is 12.7. The number of nitrogens with one attached hydrogen (secondary N) is 1. The van der Waals surface area contributed by atoms with E-state index in [1.165, 1.54) is 0 Å². The molecular formula is C15H15N2O+. The van der Waals surface area contributed by atoms with Gasteiger partial charge in [-0.1, -0.05) is 24.3 Å². The van der Waals surface area contributed by atoms with Crippen molar-refractivity contribution in [3.63, 3.8) is 0 Å². The average molecular weight is 239 g/mol. The van der Waals surface area contributed by atoms with E-state index < -0.39 is 6.10 Å². The standard InChI is InChI=1S/C15H15N2O/c18-15(11-17-8-4-1-5-9-17)13-10-16-14-7-3-2-6-12(13)14/h1-10,15-16,18H,11H2/q+1/t15-/m0/s1. The number of aliphatic hydroxyl groups excluding tert-OH is 1. The van der Waals surface area contributed by atoms with Gasteiger partial charge in [0.2, 0.25) is 0 Å². The van der Waals surface area contributed by atoms with Crippen LogP contribution >= 0.6 is 0 Å². The van der Waals surface area contributed by atoms with Gasteiger partial charge in [-0.15, -0.1) is 0 Å². The first-order valence-corrected chi connectivity index (χ1v) is 6.03. The molecule has 0 fully saturated rings. The minimum Gasteiger partial charge on any atom is -0.382 e. The number of aromatic nitrogens is 2. The maximum absolute atomic E-state index is 10.3. The second kappa shape index (κ2) is 4.63. The molecule has 0 saturated heterocycles. The number of benzene rings is 1. The fourth-order valence-corrected chi connectivity index (χ4v) is 2.22. The molecule has 3 rings (SSSR count). The zero-order valence-electron chi connectivity index (χ0n) is 9.95. The first-order valence-electron chi connectivity index (χ1n) is 6.03. The van der Waals surface area contributed by atoms with Gasteiger partial charge >= 0.3 is 0 Å². The van der Waals surface area contributed by atoms with E-state index in [-0.39, 0.29) is 0 Å². The van der Waals surface area contributed by atoms with E-state index in [1.54, 1.807) is 0 Å². The molecule has 0 bridgehead atoms. The van der Waals surface area contributed by atoms with Crippen molar-refractivity contribution in [1.82, 2.24) is 4.98 Å². The van der Waals surface area contributed by atoms with Gasteiger partial charge in [0.05, 0.1) is 0 Å². The van der Waals surface area contributed by atoms with Crippen LogP contribution in [0.3, 0.4) is 0 Å². The minimum absolute atomic E-state index is 0.506. The summed E-state index contributed by atoms with van der Waals surface area (Å²) < 4.78 is 1.98. The highest BCUT2D eigenvalue weighted by atomic mass is 16.3. The van der Waals surface area contributed by atoms with E-state index >= 15 is 0 Å². The lowest BCUT2D eigenvalue weighted by molar-refractivity contribution is -0.704. The van der Waals surface area contributed by atoms with E-state index in [4.69, 9.17) is 0 Å². The maximum atomic E-state index is 10.3. The van der Waals surface area contributed by atoms with E-state index in [0.29, 0.717) is 6.54 Å². The largest absolute Gasteiger partial charge is 0.382 e. The molecule has 0 amide bonds. The van der Waals surface area contributed by atoms with E-state index in [2.05, 4.69) is 4.98 Å². The summed E-state index contributed by atoms with van der Waals surface area (Å²) >= 11 is 0. The van der Waals surface area contributed by atoms with Gasteiger partial charge in [-0.05, 0) is 6.07 Å². The Balaban J connectivity index is 1.90. The first kappa shape index (κ1) is 11.0. The number of rotatable bonds is 3. The van der Waals surface area contributed by atoms with Crippen LogP contribution in [0.1, 0.15) is 11.7 Å². The third kappa shape index (κ3) is 2.00. The summed E-state index contributed by atoms with van der Waals surface area (Å²) in [6.07, 6.45) is 5.29. The summed E-state index contributed by atoms with van der Waals surface area (Å²) in [5, 5.41) is 11.4. The molecule has 0 aliphatic rings. The molecule has 90 valence electrons. The molecule has 2 N–H and O–H groups in total. The van der Waals surface area contributed by atoms with E-state index in [0.717, 1.165) is 16.5 Å². The number of pyridine rings is 1. The van der Waals surface area contributed by atoms with Crippen molar-refractivity contribution in [3.8, 4) is 0 Å². The van der Waals surface area contributed by atoms with Gasteiger partial charge in [0, 0.05) is 34.8 Å². The zero-order chi connectivity index (χ0) is 12.4. The Morgan fingerprint density at radius 1 is 1.06 bits per heavy atom. The topological polar surface area (TPSA) is 39.9 Å². The Hall–Kier alpha value is -2.13. The molecule has 0 aliphatic carbocycles. The summed E-state index contributed by atoms with van der Waals surface area (Å²) in [5.41, 5.74) is 2.01. The Labute approximate surface area is 105 Å². The molecule has 2 heterocycles. The third-order valence-electron chi connectivity index (χ3n) is 3.14. The van der Waals surface area contributed by atoms with Crippen molar-refractivity contribution in [2.45, 2.75) is 12.6 Å². The number of hydrogen-bond acceptors (Lipinski definition) is 1. The molecule has 1 aromatic carbocycles. The molecule has 3 heteroatoms. The molecule has 3 aromatic rings. The number of fused-ring (bicyclic) bond motifs is 1. The highest BCUT2D eigenvalue weighted by Crippen LogP contribution is 2.23. The van der Waals surface area contributed by atoms with Crippen LogP contribution < -0.4 is 4.57 Å². The van der Waals surface area contributed by atoms with Crippen LogP contribution in [0.15, 0.2) is 61.1 Å². The monoisotopic (exact) mass is 239 g/mol. The van der Waals surface area contributed by atoms with Crippen molar-refractivity contribution < 1.29 is 9.67 Å². The van der Waals surface area contributed by atoms with Crippen molar-refractivity contribution in [2.24, 2.45) is 0 Å². The summed E-state index contributed by atoms with van der Waals surface area (Å²) in [7, 11) is 0. The lowest BCUT2D eigenvalue weighted by atomic mass is 10.1. The zero-order valence-corrected chi connectivity index (χ0v) is 9.95. The molecule has 3 nitrogen and oxygen atoms in total. The quantitative estimate of drug-likeness (QED) is 0.676. The molecule has 1 atom stereocenters. The van der Waals surface area contributed by atoms with Crippen molar-refractivity contribution in [2.75, 3.05) is 0 Å². The number of aliphatic hydroxyl groups is 1. The highest BCUT2D eigenvalue weighted by molar-refractivity contribution is 5.83. The predicted molar refractivity (Wildman–Crippen MR) is 69.9 cm³/mol. The average Bonchev–Trinajstić information content (AvgIpc) is 2.84. The van der Waals surface area contributed by atoms with Crippen molar-refractivity contribution in [3.05, 3.63) is 66.6 Å². The Kier molecular flexibility index (Phi) is 2.82. The SMILES string of the molecule is O[C@@H](C[n+]1ccccc1)c1c[nH]c2ccccc12. The van der Waals surface area contributed by atoms with Gasteiger partial charge in [-0.2, -0.15) is 0 Å². The van der Waals surface area contributed by atoms with Crippen LogP contribution in [0.2, 0.25) is 0 Å². The first-order chi connectivity index (χ1) is 8.84. The van der Waals surface area contributed by atoms with Gasteiger partial charge in [-0.3, -0.25) is 0 Å². The summed E-state index contributed by atoms with van der Waals surface area (Å²) in [6, 6.07) is 13.9. The van der Waals surface area contributed by atoms with E-state index in [1.807, 2.05) is 65.6 Å². The predicted octanol–water partition coefficient (Wildman–Crippen LogP) is 2.19. The van der Waals surface area contributed by atoms with Crippen LogP contribution in [-0.4, -0.2) is 10.1 Å².